The minimum Gasteiger partial charge on any atom is -0.341 e. The van der Waals surface area contributed by atoms with Gasteiger partial charge in [0.2, 0.25) is 0 Å². The first-order valence-electron chi connectivity index (χ1n) is 39.5. The molecular weight excluding hydrogens is 1370 g/mol. The third-order valence-electron chi connectivity index (χ3n) is 24.2. The Morgan fingerprint density at radius 1 is 0.345 bits per heavy atom. The Balaban J connectivity index is 0.813. The number of benzene rings is 11. The fourth-order valence-corrected chi connectivity index (χ4v) is 18.6. The van der Waals surface area contributed by atoms with Crippen molar-refractivity contribution in [2.75, 3.05) is 0 Å². The van der Waals surface area contributed by atoms with Crippen LogP contribution in [0.1, 0.15) is 113 Å². The molecule has 6 heterocycles. The lowest BCUT2D eigenvalue weighted by Gasteiger charge is -2.19. The second-order valence-electron chi connectivity index (χ2n) is 31.6. The fourth-order valence-electron chi connectivity index (χ4n) is 18.6. The van der Waals surface area contributed by atoms with Crippen molar-refractivity contribution >= 4 is 59.8 Å². The van der Waals surface area contributed by atoms with Crippen LogP contribution < -0.4 is 0 Å². The van der Waals surface area contributed by atoms with Crippen molar-refractivity contribution in [2.45, 2.75) is 131 Å². The highest BCUT2D eigenvalue weighted by atomic mass is 15.0. The second-order valence-corrected chi connectivity index (χ2v) is 31.6. The van der Waals surface area contributed by atoms with Gasteiger partial charge in [-0.25, -0.2) is 19.9 Å². The summed E-state index contributed by atoms with van der Waals surface area (Å²) in [5.74, 6) is 0.768. The first-order valence-corrected chi connectivity index (χ1v) is 39.5. The highest BCUT2D eigenvalue weighted by Crippen LogP contribution is 2.52. The molecule has 0 radical (unpaired) electrons. The van der Waals surface area contributed by atoms with Gasteiger partial charge in [-0.15, -0.1) is 0 Å². The molecule has 0 aliphatic carbocycles. The van der Waals surface area contributed by atoms with Crippen molar-refractivity contribution in [3.63, 3.8) is 0 Å². The molecule has 17 rings (SSSR count). The standard InChI is InChI=1S/C105H94N8/c1-20-112-95-42-40-79(53-93(95)94-54-91(80-25-21-27-82(48-80)97-58(4)43-60(6)108-69(97)15)92(55-96(94)112)81-26-22-28-83(49-81)98-59(5)44-61(7)109-70(98)16)78-38-34-74-33-36-76(45-88(74)46-78)77-37-35-75-39-41-90(52-89(75)47-77)113-104(65(11)62(8)57(2)3)102(87-32-24-31-86(51-87)101-71(17)110-73(19)111-72(101)18)103-99(64(10)63(9)66(12)105(103)113)84-29-23-30-85(50-84)100-67(13)106-56-107-68(100)14/h21-56H,2,20H2,1,3-19H3/b65-62-. The Hall–Kier alpha value is -12.8. The lowest BCUT2D eigenvalue weighted by molar-refractivity contribution is 0.827. The van der Waals surface area contributed by atoms with Crippen molar-refractivity contribution in [1.82, 2.24) is 39.0 Å². The van der Waals surface area contributed by atoms with E-state index in [-0.39, 0.29) is 0 Å². The molecule has 0 aliphatic rings. The van der Waals surface area contributed by atoms with Crippen molar-refractivity contribution in [3.8, 4) is 117 Å². The summed E-state index contributed by atoms with van der Waals surface area (Å²) in [6.07, 6.45) is 1.67. The van der Waals surface area contributed by atoms with Gasteiger partial charge in [-0.3, -0.25) is 9.97 Å². The predicted molar refractivity (Wildman–Crippen MR) is 477 cm³/mol. The summed E-state index contributed by atoms with van der Waals surface area (Å²) in [6.45, 7) is 44.4. The van der Waals surface area contributed by atoms with Gasteiger partial charge in [-0.2, -0.15) is 0 Å². The zero-order chi connectivity index (χ0) is 78.9. The van der Waals surface area contributed by atoms with Gasteiger partial charge in [0, 0.05) is 113 Å². The van der Waals surface area contributed by atoms with Gasteiger partial charge in [0.25, 0.3) is 0 Å². The Kier molecular flexibility index (Phi) is 18.4. The summed E-state index contributed by atoms with van der Waals surface area (Å²) in [5.41, 5.74) is 46.1. The van der Waals surface area contributed by atoms with E-state index in [0.717, 1.165) is 169 Å². The molecule has 0 atom stereocenters. The average Bonchev–Trinajstić information content (AvgIpc) is 1.55. The van der Waals surface area contributed by atoms with Crippen molar-refractivity contribution < 1.29 is 0 Å². The molecule has 0 bridgehead atoms. The number of hydrogen-bond acceptors (Lipinski definition) is 6. The Morgan fingerprint density at radius 3 is 1.28 bits per heavy atom. The maximum absolute atomic E-state index is 4.96. The molecule has 0 amide bonds. The first-order chi connectivity index (χ1) is 54.4. The van der Waals surface area contributed by atoms with Crippen molar-refractivity contribution in [3.05, 3.63) is 321 Å². The minimum atomic E-state index is 0.768. The van der Waals surface area contributed by atoms with Crippen LogP contribution in [0.3, 0.4) is 0 Å². The number of aryl methyl sites for hydroxylation is 13. The van der Waals surface area contributed by atoms with E-state index in [1.165, 1.54) is 110 Å². The highest BCUT2D eigenvalue weighted by molar-refractivity contribution is 6.15. The molecular formula is C105H94N8. The van der Waals surface area contributed by atoms with Gasteiger partial charge in [0.05, 0.1) is 11.2 Å². The van der Waals surface area contributed by atoms with Crippen molar-refractivity contribution in [1.29, 1.82) is 0 Å². The van der Waals surface area contributed by atoms with E-state index < -0.39 is 0 Å². The number of fused-ring (bicyclic) bond motifs is 6. The summed E-state index contributed by atoms with van der Waals surface area (Å²) >= 11 is 0. The molecule has 113 heavy (non-hydrogen) atoms. The van der Waals surface area contributed by atoms with Crippen LogP contribution in [0.25, 0.3) is 177 Å². The quantitative estimate of drug-likeness (QED) is 0.101. The van der Waals surface area contributed by atoms with E-state index in [0.29, 0.717) is 0 Å². The van der Waals surface area contributed by atoms with Crippen LogP contribution in [0.4, 0.5) is 0 Å². The van der Waals surface area contributed by atoms with E-state index >= 15 is 0 Å². The largest absolute Gasteiger partial charge is 0.341 e. The van der Waals surface area contributed by atoms with E-state index in [1.807, 2.05) is 6.92 Å². The number of allylic oxidation sites excluding steroid dienone is 3. The topological polar surface area (TPSA) is 87.2 Å². The Bertz CT molecular complexity index is 6850. The Labute approximate surface area is 664 Å². The van der Waals surface area contributed by atoms with Crippen LogP contribution in [0.5, 0.6) is 0 Å². The Morgan fingerprint density at radius 2 is 0.770 bits per heavy atom. The maximum Gasteiger partial charge on any atom is 0.125 e. The van der Waals surface area contributed by atoms with E-state index in [4.69, 9.17) is 29.9 Å². The summed E-state index contributed by atoms with van der Waals surface area (Å²) in [7, 11) is 0. The predicted octanol–water partition coefficient (Wildman–Crippen LogP) is 27.8. The van der Waals surface area contributed by atoms with E-state index in [1.54, 1.807) is 6.33 Å². The summed E-state index contributed by atoms with van der Waals surface area (Å²) in [5, 5.41) is 8.32. The summed E-state index contributed by atoms with van der Waals surface area (Å²) < 4.78 is 5.07. The van der Waals surface area contributed by atoms with Crippen LogP contribution >= 0.6 is 0 Å². The average molecular weight is 1470 g/mol. The number of rotatable bonds is 14. The number of hydrogen-bond donors (Lipinski definition) is 0. The van der Waals surface area contributed by atoms with Crippen LogP contribution in [-0.2, 0) is 6.54 Å². The number of nitrogens with zero attached hydrogens (tertiary/aromatic N) is 8. The summed E-state index contributed by atoms with van der Waals surface area (Å²) in [6, 6.07) is 80.7. The maximum atomic E-state index is 4.96. The van der Waals surface area contributed by atoms with Crippen molar-refractivity contribution in [2.24, 2.45) is 0 Å². The molecule has 8 nitrogen and oxygen atoms in total. The number of pyridine rings is 2. The highest BCUT2D eigenvalue weighted by Gasteiger charge is 2.30. The SMILES string of the molecule is C=C(C)/C(C)=C(/C)c1c(-c2cccc(-c3c(C)nc(C)nc3C)c2)c2c(-c3cccc(-c4c(C)ncnc4C)c3)c(C)c(C)c(C)c2n1-c1ccc2ccc(-c3ccc4ccc(-c5ccc6c(c5)c5cc(-c7cccc(-c8c(C)cc(C)nc8C)c7)c(-c7cccc(-c8c(C)cc(C)nc8C)c7)cc5n6CC)cc4c3)cc2c1. The zero-order valence-electron chi connectivity index (χ0n) is 68.3. The molecule has 554 valence electrons. The molecule has 0 N–H and O–H groups in total. The molecule has 0 saturated carbocycles. The first kappa shape index (κ1) is 73.0. The van der Waals surface area contributed by atoms with Gasteiger partial charge in [0.15, 0.2) is 0 Å². The molecule has 0 saturated heterocycles. The second kappa shape index (κ2) is 28.5. The molecule has 6 aromatic heterocycles. The van der Waals surface area contributed by atoms with Gasteiger partial charge in [-0.05, 0) is 360 Å². The van der Waals surface area contributed by atoms with Gasteiger partial charge in [0.1, 0.15) is 12.2 Å². The van der Waals surface area contributed by atoms with Gasteiger partial charge < -0.3 is 9.13 Å². The van der Waals surface area contributed by atoms with E-state index in [9.17, 15) is 0 Å². The third-order valence-corrected chi connectivity index (χ3v) is 24.2. The monoisotopic (exact) mass is 1470 g/mol. The van der Waals surface area contributed by atoms with Crippen LogP contribution in [0, 0.1) is 96.9 Å². The van der Waals surface area contributed by atoms with Crippen LogP contribution in [-0.4, -0.2) is 39.0 Å². The molecule has 17 aromatic rings. The lowest BCUT2D eigenvalue weighted by atomic mass is 9.85. The molecule has 0 spiro atoms. The van der Waals surface area contributed by atoms with Gasteiger partial charge >= 0.3 is 0 Å². The van der Waals surface area contributed by atoms with E-state index in [2.05, 4.69) is 346 Å². The molecule has 0 unspecified atom stereocenters. The molecule has 11 aromatic carbocycles. The summed E-state index contributed by atoms with van der Waals surface area (Å²) in [4.78, 5) is 29.1. The molecule has 0 aliphatic heterocycles. The lowest BCUT2D eigenvalue weighted by Crippen LogP contribution is -2.03. The fraction of sp³-hybridized carbons (Fsp3) is 0.181. The third kappa shape index (κ3) is 12.7. The van der Waals surface area contributed by atoms with Gasteiger partial charge in [-0.1, -0.05) is 133 Å². The molecule has 8 heteroatoms. The minimum absolute atomic E-state index is 0.768. The molecule has 0 fully saturated rings. The smallest absolute Gasteiger partial charge is 0.125 e. The normalized spacial score (nSPS) is 12.0. The number of aromatic nitrogens is 8. The zero-order valence-corrected chi connectivity index (χ0v) is 68.3. The van der Waals surface area contributed by atoms with Crippen LogP contribution in [0.2, 0.25) is 0 Å². The van der Waals surface area contributed by atoms with Crippen LogP contribution in [0.15, 0.2) is 236 Å².